The first-order chi connectivity index (χ1) is 14.3. The molecule has 0 unspecified atom stereocenters. The molecule has 2 saturated heterocycles. The van der Waals surface area contributed by atoms with Crippen LogP contribution in [0.4, 0.5) is 18.0 Å². The van der Waals surface area contributed by atoms with Crippen LogP contribution in [-0.2, 0) is 16.1 Å². The van der Waals surface area contributed by atoms with Crippen molar-refractivity contribution in [3.05, 3.63) is 29.6 Å². The zero-order chi connectivity index (χ0) is 23.4. The number of urea groups is 1. The van der Waals surface area contributed by atoms with Crippen LogP contribution in [0.3, 0.4) is 0 Å². The van der Waals surface area contributed by atoms with Gasteiger partial charge in [0.25, 0.3) is 0 Å². The minimum Gasteiger partial charge on any atom is -0.481 e. The molecule has 2 amide bonds. The molecule has 9 nitrogen and oxygen atoms in total. The Labute approximate surface area is 176 Å². The van der Waals surface area contributed by atoms with Crippen LogP contribution in [0.5, 0.6) is 0 Å². The first kappa shape index (κ1) is 24.4. The lowest BCUT2D eigenvalue weighted by Crippen LogP contribution is -2.44. The molecule has 0 saturated carbocycles. The molecule has 0 bridgehead atoms. The summed E-state index contributed by atoms with van der Waals surface area (Å²) in [5.41, 5.74) is 6.53. The highest BCUT2D eigenvalue weighted by atomic mass is 19.4. The van der Waals surface area contributed by atoms with Crippen LogP contribution in [0, 0.1) is 18.3 Å². The molecule has 0 aliphatic carbocycles. The number of amides is 2. The van der Waals surface area contributed by atoms with Gasteiger partial charge in [-0.2, -0.15) is 13.2 Å². The third-order valence-corrected chi connectivity index (χ3v) is 5.57. The van der Waals surface area contributed by atoms with Gasteiger partial charge < -0.3 is 20.8 Å². The predicted octanol–water partition coefficient (Wildman–Crippen LogP) is 1.70. The van der Waals surface area contributed by atoms with Crippen molar-refractivity contribution in [2.75, 3.05) is 26.2 Å². The van der Waals surface area contributed by atoms with Crippen molar-refractivity contribution >= 4 is 18.0 Å². The van der Waals surface area contributed by atoms with Gasteiger partial charge in [0.1, 0.15) is 0 Å². The quantitative estimate of drug-likeness (QED) is 0.643. The van der Waals surface area contributed by atoms with Gasteiger partial charge in [0.2, 0.25) is 0 Å². The molecule has 2 atom stereocenters. The number of likely N-dealkylation sites (tertiary alicyclic amines) is 2. The lowest BCUT2D eigenvalue weighted by atomic mass is 9.75. The first-order valence-corrected chi connectivity index (χ1v) is 9.58. The van der Waals surface area contributed by atoms with Gasteiger partial charge >= 0.3 is 24.1 Å². The van der Waals surface area contributed by atoms with Gasteiger partial charge in [-0.15, -0.1) is 0 Å². The second-order valence-electron chi connectivity index (χ2n) is 7.79. The van der Waals surface area contributed by atoms with Crippen molar-refractivity contribution in [1.29, 1.82) is 0 Å². The van der Waals surface area contributed by atoms with Crippen LogP contribution < -0.4 is 5.73 Å². The minimum atomic E-state index is -5.08. The molecule has 4 N–H and O–H groups in total. The molecular formula is C19H25F3N4O5. The zero-order valence-electron chi connectivity index (χ0n) is 16.9. The maximum Gasteiger partial charge on any atom is 0.490 e. The number of rotatable bonds is 3. The number of alkyl halides is 3. The number of carboxylic acids is 2. The zero-order valence-corrected chi connectivity index (χ0v) is 16.9. The Balaban J connectivity index is 0.000000423. The molecule has 0 radical (unpaired) electrons. The average Bonchev–Trinajstić information content (AvgIpc) is 2.88. The molecular weight excluding hydrogens is 421 g/mol. The number of nitrogens with two attached hydrogens (primary N) is 1. The van der Waals surface area contributed by atoms with Gasteiger partial charge in [0.05, 0.1) is 11.1 Å². The van der Waals surface area contributed by atoms with Crippen LogP contribution in [0.1, 0.15) is 24.2 Å². The fourth-order valence-corrected chi connectivity index (χ4v) is 4.12. The van der Waals surface area contributed by atoms with Crippen molar-refractivity contribution < 1.29 is 37.8 Å². The Morgan fingerprint density at radius 1 is 1.26 bits per heavy atom. The van der Waals surface area contributed by atoms with Gasteiger partial charge in [0.15, 0.2) is 0 Å². The van der Waals surface area contributed by atoms with E-state index in [-0.39, 0.29) is 5.92 Å². The number of halogens is 3. The van der Waals surface area contributed by atoms with Crippen LogP contribution in [0.15, 0.2) is 18.2 Å². The van der Waals surface area contributed by atoms with Gasteiger partial charge in [-0.25, -0.2) is 9.59 Å². The third kappa shape index (κ3) is 6.06. The highest BCUT2D eigenvalue weighted by molar-refractivity contribution is 5.77. The molecule has 31 heavy (non-hydrogen) atoms. The lowest BCUT2D eigenvalue weighted by molar-refractivity contribution is -0.192. The second kappa shape index (κ2) is 9.50. The number of aliphatic carboxylic acids is 2. The molecule has 172 valence electrons. The fourth-order valence-electron chi connectivity index (χ4n) is 4.12. The van der Waals surface area contributed by atoms with E-state index in [2.05, 4.69) is 9.88 Å². The summed E-state index contributed by atoms with van der Waals surface area (Å²) in [6.45, 7) is 4.67. The van der Waals surface area contributed by atoms with Crippen molar-refractivity contribution in [3.8, 4) is 0 Å². The number of pyridine rings is 1. The van der Waals surface area contributed by atoms with E-state index in [1.54, 1.807) is 4.90 Å². The predicted molar refractivity (Wildman–Crippen MR) is 102 cm³/mol. The maximum atomic E-state index is 12.1. The molecule has 12 heteroatoms. The van der Waals surface area contributed by atoms with E-state index in [1.807, 2.05) is 25.1 Å². The van der Waals surface area contributed by atoms with Crippen LogP contribution >= 0.6 is 0 Å². The summed E-state index contributed by atoms with van der Waals surface area (Å²) in [6.07, 6.45) is -3.84. The monoisotopic (exact) mass is 446 g/mol. The molecule has 3 rings (SSSR count). The summed E-state index contributed by atoms with van der Waals surface area (Å²) < 4.78 is 31.7. The maximum absolute atomic E-state index is 12.1. The smallest absolute Gasteiger partial charge is 0.481 e. The molecule has 3 heterocycles. The summed E-state index contributed by atoms with van der Waals surface area (Å²) in [4.78, 5) is 40.8. The number of hydrogen-bond donors (Lipinski definition) is 3. The van der Waals surface area contributed by atoms with E-state index in [9.17, 15) is 27.9 Å². The highest BCUT2D eigenvalue weighted by Gasteiger charge is 2.53. The summed E-state index contributed by atoms with van der Waals surface area (Å²) >= 11 is 0. The summed E-state index contributed by atoms with van der Waals surface area (Å²) in [5.74, 6) is -3.62. The van der Waals surface area contributed by atoms with E-state index >= 15 is 0 Å². The Morgan fingerprint density at radius 3 is 2.42 bits per heavy atom. The van der Waals surface area contributed by atoms with Crippen LogP contribution in [-0.4, -0.2) is 75.3 Å². The van der Waals surface area contributed by atoms with Crippen molar-refractivity contribution in [3.63, 3.8) is 0 Å². The van der Waals surface area contributed by atoms with Gasteiger partial charge in [0, 0.05) is 44.3 Å². The molecule has 2 aliphatic rings. The third-order valence-electron chi connectivity index (χ3n) is 5.57. The van der Waals surface area contributed by atoms with E-state index in [1.165, 1.54) is 0 Å². The summed E-state index contributed by atoms with van der Waals surface area (Å²) in [5, 5.41) is 17.0. The number of fused-ring (bicyclic) bond motifs is 1. The number of primary amides is 1. The largest absolute Gasteiger partial charge is 0.490 e. The van der Waals surface area contributed by atoms with Crippen LogP contribution in [0.25, 0.3) is 0 Å². The average molecular weight is 446 g/mol. The van der Waals surface area contributed by atoms with Gasteiger partial charge in [-0.1, -0.05) is 6.07 Å². The highest BCUT2D eigenvalue weighted by Crippen LogP contribution is 2.43. The Kier molecular flexibility index (Phi) is 7.47. The molecule has 2 aliphatic heterocycles. The molecule has 2 fully saturated rings. The number of aryl methyl sites for hydroxylation is 1. The van der Waals surface area contributed by atoms with Gasteiger partial charge in [-0.05, 0) is 31.9 Å². The van der Waals surface area contributed by atoms with Crippen molar-refractivity contribution in [2.24, 2.45) is 17.1 Å². The Morgan fingerprint density at radius 2 is 1.90 bits per heavy atom. The minimum absolute atomic E-state index is 0.102. The number of carbonyl (C=O) groups excluding carboxylic acids is 1. The second-order valence-corrected chi connectivity index (χ2v) is 7.79. The molecule has 0 aromatic carbocycles. The van der Waals surface area contributed by atoms with E-state index in [0.717, 1.165) is 11.4 Å². The number of carboxylic acid groups (broad SMARTS) is 2. The summed E-state index contributed by atoms with van der Waals surface area (Å²) in [7, 11) is 0. The van der Waals surface area contributed by atoms with Crippen molar-refractivity contribution in [1.82, 2.24) is 14.8 Å². The van der Waals surface area contributed by atoms with Crippen molar-refractivity contribution in [2.45, 2.75) is 32.5 Å². The lowest BCUT2D eigenvalue weighted by Gasteiger charge is -2.29. The first-order valence-electron chi connectivity index (χ1n) is 9.58. The number of hydrogen-bond acceptors (Lipinski definition) is 5. The number of nitrogens with zero attached hydrogens (tertiary/aromatic N) is 3. The van der Waals surface area contributed by atoms with E-state index in [0.29, 0.717) is 45.6 Å². The number of carbonyl (C=O) groups is 3. The normalized spacial score (nSPS) is 23.9. The fraction of sp³-hybridized carbons (Fsp3) is 0.579. The standard InChI is InChI=1S/C17H24N4O3.C2HF3O2/c1-12-4-2-5-14(19-12)10-20-8-13-9-21(16(18)24)7-3-6-17(13,11-20)15(22)23;3-2(4,5)1(6)7/h2,4-5,13H,3,6-11H2,1H3,(H2,18,24)(H,22,23);(H,6,7)/t13-,17+;/m1./s1. The molecule has 1 aromatic heterocycles. The topological polar surface area (TPSA) is 137 Å². The molecule has 1 aromatic rings. The van der Waals surface area contributed by atoms with Crippen LogP contribution in [0.2, 0.25) is 0 Å². The molecule has 0 spiro atoms. The SMILES string of the molecule is Cc1cccc(CN2C[C@@H]3CN(C(N)=O)CCC[C@]3(C(=O)O)C2)n1.O=C(O)C(F)(F)F. The van der Waals surface area contributed by atoms with Gasteiger partial charge in [-0.3, -0.25) is 14.7 Å². The van der Waals surface area contributed by atoms with E-state index < -0.39 is 29.6 Å². The Bertz CT molecular complexity index is 835. The summed E-state index contributed by atoms with van der Waals surface area (Å²) in [6, 6.07) is 5.41. The van der Waals surface area contributed by atoms with E-state index in [4.69, 9.17) is 15.6 Å². The number of aromatic nitrogens is 1. The Hall–Kier alpha value is -2.89.